The first-order chi connectivity index (χ1) is 12.8. The molecule has 2 saturated heterocycles. The molecule has 9 heteroatoms. The molecule has 2 fully saturated rings. The van der Waals surface area contributed by atoms with Gasteiger partial charge in [0.1, 0.15) is 0 Å². The molecule has 1 amide bonds. The molecule has 2 aliphatic rings. The number of rotatable bonds is 6. The number of amides is 1. The van der Waals surface area contributed by atoms with Crippen LogP contribution < -0.4 is 5.32 Å². The average Bonchev–Trinajstić information content (AvgIpc) is 3.43. The summed E-state index contributed by atoms with van der Waals surface area (Å²) in [5.74, 6) is -0.0203. The lowest BCUT2D eigenvalue weighted by molar-refractivity contribution is 0.0715. The van der Waals surface area contributed by atoms with Crippen molar-refractivity contribution in [2.24, 2.45) is 0 Å². The fourth-order valence-electron chi connectivity index (χ4n) is 3.75. The molecular formula is C17H26N8O. The first-order valence-corrected chi connectivity index (χ1v) is 9.41. The summed E-state index contributed by atoms with van der Waals surface area (Å²) in [6.07, 6.45) is 7.52. The van der Waals surface area contributed by atoms with E-state index in [4.69, 9.17) is 0 Å². The first kappa shape index (κ1) is 17.2. The first-order valence-electron chi connectivity index (χ1n) is 9.41. The fraction of sp³-hybridized carbons (Fsp3) is 0.647. The van der Waals surface area contributed by atoms with Gasteiger partial charge in [0.05, 0.1) is 25.3 Å². The van der Waals surface area contributed by atoms with Crippen LogP contribution in [0.5, 0.6) is 0 Å². The third kappa shape index (κ3) is 3.94. The Morgan fingerprint density at radius 3 is 2.88 bits per heavy atom. The maximum absolute atomic E-state index is 12.9. The molecule has 0 spiro atoms. The Bertz CT molecular complexity index is 706. The second kappa shape index (κ2) is 7.96. The Morgan fingerprint density at radius 1 is 1.19 bits per heavy atom. The summed E-state index contributed by atoms with van der Waals surface area (Å²) in [5.41, 5.74) is 0.442. The SMILES string of the molecule is O=C(c1cn(CCN2CCNCC2)nn1)N1CCCC1Cn1cccn1. The van der Waals surface area contributed by atoms with Gasteiger partial charge in [0.25, 0.3) is 5.91 Å². The van der Waals surface area contributed by atoms with E-state index in [9.17, 15) is 4.79 Å². The highest BCUT2D eigenvalue weighted by Crippen LogP contribution is 2.20. The second-order valence-electron chi connectivity index (χ2n) is 6.98. The molecule has 1 atom stereocenters. The molecule has 0 aliphatic carbocycles. The van der Waals surface area contributed by atoms with Crippen molar-refractivity contribution >= 4 is 5.91 Å². The maximum Gasteiger partial charge on any atom is 0.276 e. The highest BCUT2D eigenvalue weighted by molar-refractivity contribution is 5.92. The third-order valence-electron chi connectivity index (χ3n) is 5.21. The lowest BCUT2D eigenvalue weighted by atomic mass is 10.2. The molecule has 26 heavy (non-hydrogen) atoms. The molecule has 140 valence electrons. The topological polar surface area (TPSA) is 84.1 Å². The van der Waals surface area contributed by atoms with Crippen LogP contribution in [0.4, 0.5) is 0 Å². The minimum Gasteiger partial charge on any atom is -0.332 e. The van der Waals surface area contributed by atoms with Gasteiger partial charge in [-0.3, -0.25) is 19.1 Å². The number of piperazine rings is 1. The van der Waals surface area contributed by atoms with Gasteiger partial charge in [0.15, 0.2) is 5.69 Å². The predicted molar refractivity (Wildman–Crippen MR) is 95.6 cm³/mol. The van der Waals surface area contributed by atoms with Crippen LogP contribution in [-0.4, -0.2) is 85.8 Å². The smallest absolute Gasteiger partial charge is 0.276 e. The minimum atomic E-state index is -0.0203. The number of carbonyl (C=O) groups excluding carboxylic acids is 1. The number of carbonyl (C=O) groups is 1. The molecule has 0 bridgehead atoms. The number of hydrogen-bond acceptors (Lipinski definition) is 6. The number of aromatic nitrogens is 5. The zero-order chi connectivity index (χ0) is 17.8. The molecule has 2 aromatic rings. The Balaban J connectivity index is 1.34. The van der Waals surface area contributed by atoms with Crippen LogP contribution in [0.15, 0.2) is 24.7 Å². The van der Waals surface area contributed by atoms with Crippen molar-refractivity contribution in [3.05, 3.63) is 30.4 Å². The highest BCUT2D eigenvalue weighted by atomic mass is 16.2. The average molecular weight is 358 g/mol. The largest absolute Gasteiger partial charge is 0.332 e. The van der Waals surface area contributed by atoms with Crippen LogP contribution in [0.25, 0.3) is 0 Å². The molecule has 1 N–H and O–H groups in total. The van der Waals surface area contributed by atoms with E-state index in [-0.39, 0.29) is 11.9 Å². The molecule has 0 saturated carbocycles. The van der Waals surface area contributed by atoms with Gasteiger partial charge in [-0.25, -0.2) is 0 Å². The summed E-state index contributed by atoms with van der Waals surface area (Å²) in [5, 5.41) is 15.9. The van der Waals surface area contributed by atoms with E-state index in [0.717, 1.165) is 65.2 Å². The number of likely N-dealkylation sites (tertiary alicyclic amines) is 1. The van der Waals surface area contributed by atoms with Crippen LogP contribution in [0.2, 0.25) is 0 Å². The van der Waals surface area contributed by atoms with E-state index in [0.29, 0.717) is 5.69 Å². The zero-order valence-corrected chi connectivity index (χ0v) is 15.0. The molecule has 2 aromatic heterocycles. The summed E-state index contributed by atoms with van der Waals surface area (Å²) in [4.78, 5) is 17.2. The van der Waals surface area contributed by atoms with E-state index in [1.165, 1.54) is 0 Å². The molecule has 2 aliphatic heterocycles. The van der Waals surface area contributed by atoms with Crippen molar-refractivity contribution in [1.29, 1.82) is 0 Å². The number of nitrogens with one attached hydrogen (secondary N) is 1. The summed E-state index contributed by atoms with van der Waals surface area (Å²) in [6, 6.07) is 2.08. The van der Waals surface area contributed by atoms with Gasteiger partial charge in [-0.15, -0.1) is 5.10 Å². The molecule has 0 radical (unpaired) electrons. The molecule has 0 aromatic carbocycles. The standard InChI is InChI=1S/C17H26N8O/c26-17(25-8-1-3-15(25)13-23-7-2-4-19-23)16-14-24(21-20-16)12-11-22-9-5-18-6-10-22/h2,4,7,14-15,18H,1,3,5-6,8-13H2. The zero-order valence-electron chi connectivity index (χ0n) is 15.0. The summed E-state index contributed by atoms with van der Waals surface area (Å²) in [6.45, 7) is 7.39. The molecule has 9 nitrogen and oxygen atoms in total. The Hall–Kier alpha value is -2.26. The van der Waals surface area contributed by atoms with E-state index < -0.39 is 0 Å². The second-order valence-corrected chi connectivity index (χ2v) is 6.98. The Labute approximate surface area is 152 Å². The molecular weight excluding hydrogens is 332 g/mol. The van der Waals surface area contributed by atoms with Crippen LogP contribution in [-0.2, 0) is 13.1 Å². The lowest BCUT2D eigenvalue weighted by Gasteiger charge is -2.26. The van der Waals surface area contributed by atoms with Crippen molar-refractivity contribution in [3.8, 4) is 0 Å². The van der Waals surface area contributed by atoms with Crippen LogP contribution in [0, 0.1) is 0 Å². The predicted octanol–water partition coefficient (Wildman–Crippen LogP) is -0.315. The van der Waals surface area contributed by atoms with Crippen LogP contribution in [0.3, 0.4) is 0 Å². The van der Waals surface area contributed by atoms with Gasteiger partial charge in [-0.2, -0.15) is 5.10 Å². The van der Waals surface area contributed by atoms with E-state index in [1.807, 2.05) is 21.8 Å². The van der Waals surface area contributed by atoms with Crippen molar-refractivity contribution in [2.45, 2.75) is 32.0 Å². The van der Waals surface area contributed by atoms with Crippen molar-refractivity contribution in [3.63, 3.8) is 0 Å². The lowest BCUT2D eigenvalue weighted by Crippen LogP contribution is -2.44. The quantitative estimate of drug-likeness (QED) is 0.762. The highest BCUT2D eigenvalue weighted by Gasteiger charge is 2.31. The van der Waals surface area contributed by atoms with Gasteiger partial charge in [0, 0.05) is 51.7 Å². The number of hydrogen-bond donors (Lipinski definition) is 1. The van der Waals surface area contributed by atoms with E-state index >= 15 is 0 Å². The van der Waals surface area contributed by atoms with Gasteiger partial charge in [-0.1, -0.05) is 5.21 Å². The van der Waals surface area contributed by atoms with Crippen LogP contribution in [0.1, 0.15) is 23.3 Å². The van der Waals surface area contributed by atoms with E-state index in [1.54, 1.807) is 17.1 Å². The van der Waals surface area contributed by atoms with Crippen molar-refractivity contribution < 1.29 is 4.79 Å². The van der Waals surface area contributed by atoms with Gasteiger partial charge >= 0.3 is 0 Å². The van der Waals surface area contributed by atoms with Gasteiger partial charge in [-0.05, 0) is 18.9 Å². The molecule has 1 unspecified atom stereocenters. The summed E-state index contributed by atoms with van der Waals surface area (Å²) < 4.78 is 3.68. The fourth-order valence-corrected chi connectivity index (χ4v) is 3.75. The van der Waals surface area contributed by atoms with Crippen molar-refractivity contribution in [2.75, 3.05) is 39.3 Å². The maximum atomic E-state index is 12.9. The third-order valence-corrected chi connectivity index (χ3v) is 5.21. The van der Waals surface area contributed by atoms with Gasteiger partial charge < -0.3 is 10.2 Å². The Kier molecular flexibility index (Phi) is 5.26. The minimum absolute atomic E-state index is 0.0203. The van der Waals surface area contributed by atoms with E-state index in [2.05, 4.69) is 25.6 Å². The van der Waals surface area contributed by atoms with Crippen molar-refractivity contribution in [1.82, 2.24) is 39.9 Å². The molecule has 4 rings (SSSR count). The summed E-state index contributed by atoms with van der Waals surface area (Å²) in [7, 11) is 0. The van der Waals surface area contributed by atoms with Crippen LogP contribution >= 0.6 is 0 Å². The monoisotopic (exact) mass is 358 g/mol. The van der Waals surface area contributed by atoms with Gasteiger partial charge in [0.2, 0.25) is 0 Å². The summed E-state index contributed by atoms with van der Waals surface area (Å²) >= 11 is 0. The number of nitrogens with zero attached hydrogens (tertiary/aromatic N) is 7. The Morgan fingerprint density at radius 2 is 2.08 bits per heavy atom. The normalized spacial score (nSPS) is 21.4. The molecule has 4 heterocycles.